The number of nitrogens with zero attached hydrogens (tertiary/aromatic N) is 5. The first-order valence-electron chi connectivity index (χ1n) is 10.4. The van der Waals surface area contributed by atoms with E-state index in [1.54, 1.807) is 18.3 Å². The maximum atomic E-state index is 12.7. The molecule has 0 atom stereocenters. The second-order valence-corrected chi connectivity index (χ2v) is 8.03. The van der Waals surface area contributed by atoms with Gasteiger partial charge in [-0.05, 0) is 43.8 Å². The van der Waals surface area contributed by atoms with Gasteiger partial charge in [0, 0.05) is 39.1 Å². The van der Waals surface area contributed by atoms with Gasteiger partial charge in [-0.25, -0.2) is 9.97 Å². The summed E-state index contributed by atoms with van der Waals surface area (Å²) in [6, 6.07) is 5.82. The zero-order chi connectivity index (χ0) is 22.0. The van der Waals surface area contributed by atoms with Gasteiger partial charge in [0.25, 0.3) is 0 Å². The summed E-state index contributed by atoms with van der Waals surface area (Å²) < 4.78 is 5.55. The molecular formula is C22H29N7O2. The normalized spacial score (nSPS) is 16.5. The highest BCUT2D eigenvalue weighted by Gasteiger charge is 2.18. The molecule has 0 unspecified atom stereocenters. The molecule has 3 aromatic rings. The molecular weight excluding hydrogens is 394 g/mol. The smallest absolute Gasteiger partial charge is 0.241 e. The first kappa shape index (κ1) is 20.9. The summed E-state index contributed by atoms with van der Waals surface area (Å²) >= 11 is 0. The van der Waals surface area contributed by atoms with Crippen molar-refractivity contribution in [1.82, 2.24) is 24.8 Å². The van der Waals surface area contributed by atoms with Crippen LogP contribution in [-0.2, 0) is 11.3 Å². The van der Waals surface area contributed by atoms with Gasteiger partial charge in [-0.1, -0.05) is 0 Å². The first-order chi connectivity index (χ1) is 15.0. The molecule has 164 valence electrons. The SMILES string of the molecule is COc1ccc2cc1N(C)CC(=O)N(C)CCCN(C)Cc1c[nH]c3ncnc(c13)N2. The third-order valence-corrected chi connectivity index (χ3v) is 5.68. The summed E-state index contributed by atoms with van der Waals surface area (Å²) in [5.41, 5.74) is 3.62. The molecule has 1 aliphatic heterocycles. The van der Waals surface area contributed by atoms with E-state index in [4.69, 9.17) is 4.74 Å². The van der Waals surface area contributed by atoms with Crippen LogP contribution in [0.3, 0.4) is 0 Å². The molecule has 0 aliphatic carbocycles. The van der Waals surface area contributed by atoms with E-state index in [0.29, 0.717) is 12.3 Å². The fraction of sp³-hybridized carbons (Fsp3) is 0.409. The zero-order valence-corrected chi connectivity index (χ0v) is 18.5. The maximum absolute atomic E-state index is 12.7. The first-order valence-corrected chi connectivity index (χ1v) is 10.4. The number of nitrogens with one attached hydrogen (secondary N) is 2. The van der Waals surface area contributed by atoms with Crippen LogP contribution in [0.4, 0.5) is 17.2 Å². The second kappa shape index (κ2) is 8.81. The number of methoxy groups -OCH3 is 1. The Labute approximate surface area is 182 Å². The van der Waals surface area contributed by atoms with E-state index in [0.717, 1.165) is 53.3 Å². The molecule has 0 spiro atoms. The van der Waals surface area contributed by atoms with Crippen molar-refractivity contribution in [3.05, 3.63) is 36.3 Å². The van der Waals surface area contributed by atoms with Gasteiger partial charge in [0.1, 0.15) is 23.5 Å². The number of hydrogen-bond donors (Lipinski definition) is 2. The Morgan fingerprint density at radius 3 is 2.71 bits per heavy atom. The van der Waals surface area contributed by atoms with Crippen LogP contribution in [0.1, 0.15) is 12.0 Å². The summed E-state index contributed by atoms with van der Waals surface area (Å²) in [7, 11) is 7.48. The van der Waals surface area contributed by atoms with E-state index in [1.165, 1.54) is 0 Å². The predicted octanol–water partition coefficient (Wildman–Crippen LogP) is 2.44. The predicted molar refractivity (Wildman–Crippen MR) is 122 cm³/mol. The van der Waals surface area contributed by atoms with Crippen LogP contribution in [0.15, 0.2) is 30.7 Å². The van der Waals surface area contributed by atoms with E-state index >= 15 is 0 Å². The number of fused-ring (bicyclic) bond motifs is 2. The average molecular weight is 424 g/mol. The third kappa shape index (κ3) is 4.41. The van der Waals surface area contributed by atoms with Crippen molar-refractivity contribution in [1.29, 1.82) is 0 Å². The molecule has 9 heteroatoms. The molecule has 1 aliphatic rings. The number of carbonyl (C=O) groups excluding carboxylic acids is 1. The molecule has 0 saturated carbocycles. The largest absolute Gasteiger partial charge is 0.495 e. The zero-order valence-electron chi connectivity index (χ0n) is 18.5. The third-order valence-electron chi connectivity index (χ3n) is 5.68. The van der Waals surface area contributed by atoms with Crippen LogP contribution in [0, 0.1) is 0 Å². The van der Waals surface area contributed by atoms with Crippen LogP contribution in [0.2, 0.25) is 0 Å². The van der Waals surface area contributed by atoms with Gasteiger partial charge >= 0.3 is 0 Å². The van der Waals surface area contributed by atoms with Crippen molar-refractivity contribution in [2.24, 2.45) is 0 Å². The Kier molecular flexibility index (Phi) is 5.94. The van der Waals surface area contributed by atoms with Crippen molar-refractivity contribution in [3.8, 4) is 5.75 Å². The number of aromatic nitrogens is 3. The lowest BCUT2D eigenvalue weighted by molar-refractivity contribution is -0.128. The maximum Gasteiger partial charge on any atom is 0.241 e. The van der Waals surface area contributed by atoms with Crippen LogP contribution in [-0.4, -0.2) is 78.5 Å². The lowest BCUT2D eigenvalue weighted by Crippen LogP contribution is -2.38. The topological polar surface area (TPSA) is 89.6 Å². The van der Waals surface area contributed by atoms with Crippen molar-refractivity contribution >= 4 is 34.1 Å². The summed E-state index contributed by atoms with van der Waals surface area (Å²) in [6.45, 7) is 2.61. The van der Waals surface area contributed by atoms with Gasteiger partial charge in [-0.2, -0.15) is 0 Å². The molecule has 3 heterocycles. The van der Waals surface area contributed by atoms with Gasteiger partial charge in [0.15, 0.2) is 0 Å². The molecule has 2 N–H and O–H groups in total. The van der Waals surface area contributed by atoms with Gasteiger partial charge < -0.3 is 29.7 Å². The lowest BCUT2D eigenvalue weighted by atomic mass is 10.2. The van der Waals surface area contributed by atoms with Gasteiger partial charge in [0.05, 0.1) is 24.7 Å². The van der Waals surface area contributed by atoms with Crippen molar-refractivity contribution in [2.45, 2.75) is 13.0 Å². The van der Waals surface area contributed by atoms with E-state index in [2.05, 4.69) is 32.2 Å². The number of anilines is 3. The number of rotatable bonds is 1. The fourth-order valence-electron chi connectivity index (χ4n) is 3.93. The van der Waals surface area contributed by atoms with Crippen molar-refractivity contribution < 1.29 is 9.53 Å². The minimum Gasteiger partial charge on any atom is -0.495 e. The molecule has 0 fully saturated rings. The van der Waals surface area contributed by atoms with Crippen LogP contribution in [0.5, 0.6) is 5.75 Å². The minimum absolute atomic E-state index is 0.0723. The van der Waals surface area contributed by atoms with Crippen molar-refractivity contribution in [3.63, 3.8) is 0 Å². The number of H-pyrrole nitrogens is 1. The Balaban J connectivity index is 1.78. The van der Waals surface area contributed by atoms with Crippen LogP contribution < -0.4 is 15.0 Å². The summed E-state index contributed by atoms with van der Waals surface area (Å²) in [4.78, 5) is 30.9. The number of benzene rings is 1. The number of ether oxygens (including phenoxy) is 1. The average Bonchev–Trinajstić information content (AvgIpc) is 3.16. The Morgan fingerprint density at radius 2 is 1.90 bits per heavy atom. The molecule has 0 radical (unpaired) electrons. The minimum atomic E-state index is 0.0723. The second-order valence-electron chi connectivity index (χ2n) is 8.03. The van der Waals surface area contributed by atoms with E-state index < -0.39 is 0 Å². The molecule has 9 nitrogen and oxygen atoms in total. The van der Waals surface area contributed by atoms with E-state index in [-0.39, 0.29) is 12.5 Å². The summed E-state index contributed by atoms with van der Waals surface area (Å²) in [5.74, 6) is 1.53. The molecule has 31 heavy (non-hydrogen) atoms. The quantitative estimate of drug-likeness (QED) is 0.621. The summed E-state index contributed by atoms with van der Waals surface area (Å²) in [6.07, 6.45) is 4.44. The Bertz CT molecular complexity index is 1080. The highest BCUT2D eigenvalue weighted by atomic mass is 16.5. The monoisotopic (exact) mass is 423 g/mol. The molecule has 1 aromatic carbocycles. The number of aromatic amines is 1. The molecule has 2 bridgehead atoms. The molecule has 2 aromatic heterocycles. The van der Waals surface area contributed by atoms with Crippen LogP contribution >= 0.6 is 0 Å². The highest BCUT2D eigenvalue weighted by molar-refractivity contribution is 5.92. The lowest BCUT2D eigenvalue weighted by Gasteiger charge is -2.26. The number of amides is 1. The molecule has 1 amide bonds. The highest BCUT2D eigenvalue weighted by Crippen LogP contribution is 2.33. The molecule has 4 rings (SSSR count). The standard InChI is InChI=1S/C22H29N7O2/c1-27-8-5-9-28(2)19(30)13-29(3)17-10-16(6-7-18(17)31-4)26-22-20-15(12-27)11-23-21(20)24-14-25-22/h6-7,10-11,14H,5,8-9,12-13H2,1-4H3,(H2,23,24,25,26). The fourth-order valence-corrected chi connectivity index (χ4v) is 3.93. The van der Waals surface area contributed by atoms with Gasteiger partial charge in [-0.3, -0.25) is 4.79 Å². The van der Waals surface area contributed by atoms with Crippen molar-refractivity contribution in [2.75, 3.05) is 58.1 Å². The van der Waals surface area contributed by atoms with Gasteiger partial charge in [-0.15, -0.1) is 0 Å². The van der Waals surface area contributed by atoms with E-state index in [9.17, 15) is 4.79 Å². The molecule has 0 saturated heterocycles. The number of hydrogen-bond acceptors (Lipinski definition) is 7. The van der Waals surface area contributed by atoms with Gasteiger partial charge in [0.2, 0.25) is 5.91 Å². The van der Waals surface area contributed by atoms with E-state index in [1.807, 2.05) is 43.4 Å². The Hall–Kier alpha value is -3.33. The Morgan fingerprint density at radius 1 is 1.06 bits per heavy atom. The van der Waals surface area contributed by atoms with Crippen LogP contribution in [0.25, 0.3) is 11.0 Å². The number of likely N-dealkylation sites (N-methyl/N-ethyl adjacent to an activating group) is 2. The summed E-state index contributed by atoms with van der Waals surface area (Å²) in [5, 5.41) is 4.42. The number of carbonyl (C=O) groups is 1.